The molecule has 53 heavy (non-hydrogen) atoms. The molecule has 248 valence electrons. The Morgan fingerprint density at radius 1 is 0.377 bits per heavy atom. The highest BCUT2D eigenvalue weighted by atomic mass is 32.1. The van der Waals surface area contributed by atoms with Crippen LogP contribution in [0.4, 0.5) is 0 Å². The molecule has 0 radical (unpaired) electrons. The lowest BCUT2D eigenvalue weighted by molar-refractivity contribution is 1.07. The van der Waals surface area contributed by atoms with E-state index in [-0.39, 0.29) is 22.3 Å². The first-order valence-electron chi connectivity index (χ1n) is 21.9. The Labute approximate surface area is 325 Å². The van der Waals surface area contributed by atoms with Gasteiger partial charge in [0, 0.05) is 42.4 Å². The predicted molar refractivity (Wildman–Crippen MR) is 223 cm³/mol. The highest BCUT2D eigenvalue weighted by Gasteiger charge is 2.17. The minimum Gasteiger partial charge on any atom is -0.208 e. The van der Waals surface area contributed by atoms with Gasteiger partial charge >= 0.3 is 0 Å². The van der Waals surface area contributed by atoms with Crippen LogP contribution < -0.4 is 0 Å². The standard InChI is InChI=1S/C49H31N3S/c1-4-12-32(13-5-1)41-29-43(35-15-6-2-7-16-35)46-44(30-41)42-27-26-40(31-45(42)53-46)49-51-47(36-17-8-3-9-18-36)50-48(52-49)37-23-20-34(21-24-37)39-25-22-33-14-10-11-19-38(33)28-39/h1-31H/i1D,2D,4D,5D,6D,7D,12D,13D,15D,16D. The van der Waals surface area contributed by atoms with Crippen molar-refractivity contribution in [3.8, 4) is 67.5 Å². The van der Waals surface area contributed by atoms with Crippen molar-refractivity contribution in [3.63, 3.8) is 0 Å². The van der Waals surface area contributed by atoms with Gasteiger partial charge < -0.3 is 0 Å². The number of rotatable bonds is 6. The molecule has 0 aliphatic rings. The maximum Gasteiger partial charge on any atom is 0.164 e. The molecule has 0 fully saturated rings. The van der Waals surface area contributed by atoms with Gasteiger partial charge in [0.05, 0.1) is 13.7 Å². The number of nitrogens with zero attached hydrogens (tertiary/aromatic N) is 3. The Morgan fingerprint density at radius 3 is 1.70 bits per heavy atom. The highest BCUT2D eigenvalue weighted by Crippen LogP contribution is 2.44. The number of aromatic nitrogens is 3. The van der Waals surface area contributed by atoms with Gasteiger partial charge in [-0.25, -0.2) is 15.0 Å². The maximum absolute atomic E-state index is 8.90. The van der Waals surface area contributed by atoms with E-state index in [9.17, 15) is 0 Å². The normalized spacial score (nSPS) is 14.0. The molecule has 10 aromatic rings. The Morgan fingerprint density at radius 2 is 0.962 bits per heavy atom. The molecule has 3 nitrogen and oxygen atoms in total. The Kier molecular flexibility index (Phi) is 5.50. The minimum absolute atomic E-state index is 0.0618. The van der Waals surface area contributed by atoms with E-state index in [1.165, 1.54) is 16.7 Å². The van der Waals surface area contributed by atoms with Gasteiger partial charge in [0.2, 0.25) is 0 Å². The summed E-state index contributed by atoms with van der Waals surface area (Å²) < 4.78 is 86.8. The first-order valence-corrected chi connectivity index (χ1v) is 17.8. The summed E-state index contributed by atoms with van der Waals surface area (Å²) in [6, 6.07) is 36.6. The molecule has 0 aliphatic carbocycles. The van der Waals surface area contributed by atoms with Crippen LogP contribution in [0.15, 0.2) is 188 Å². The Hall–Kier alpha value is -6.75. The first kappa shape index (κ1) is 22.2. The van der Waals surface area contributed by atoms with E-state index in [2.05, 4.69) is 42.5 Å². The second-order valence-corrected chi connectivity index (χ2v) is 13.6. The lowest BCUT2D eigenvalue weighted by Crippen LogP contribution is -2.00. The van der Waals surface area contributed by atoms with Gasteiger partial charge in [-0.15, -0.1) is 11.3 Å². The molecular weight excluding hydrogens is 663 g/mol. The number of fused-ring (bicyclic) bond motifs is 4. The Bertz CT molecular complexity index is 3460. The van der Waals surface area contributed by atoms with Crippen LogP contribution in [0.5, 0.6) is 0 Å². The Balaban J connectivity index is 1.15. The molecule has 8 aromatic carbocycles. The van der Waals surface area contributed by atoms with Crippen LogP contribution in [0.2, 0.25) is 0 Å². The third-order valence-corrected chi connectivity index (χ3v) is 10.5. The summed E-state index contributed by atoms with van der Waals surface area (Å²) in [6.45, 7) is 0. The molecule has 2 aromatic heterocycles. The van der Waals surface area contributed by atoms with Crippen molar-refractivity contribution in [3.05, 3.63) is 188 Å². The number of thiophene rings is 1. The average Bonchev–Trinajstić information content (AvgIpc) is 3.69. The van der Waals surface area contributed by atoms with Crippen molar-refractivity contribution >= 4 is 42.3 Å². The third-order valence-electron chi connectivity index (χ3n) is 9.28. The van der Waals surface area contributed by atoms with Crippen LogP contribution >= 0.6 is 11.3 Å². The molecular formula is C49H31N3S. The molecule has 0 unspecified atom stereocenters. The van der Waals surface area contributed by atoms with E-state index in [1.54, 1.807) is 12.1 Å². The fourth-order valence-electron chi connectivity index (χ4n) is 6.66. The number of benzene rings is 8. The summed E-state index contributed by atoms with van der Waals surface area (Å²) in [5, 5.41) is 3.68. The lowest BCUT2D eigenvalue weighted by Gasteiger charge is -2.10. The van der Waals surface area contributed by atoms with Gasteiger partial charge in [-0.2, -0.15) is 0 Å². The molecule has 0 N–H and O–H groups in total. The van der Waals surface area contributed by atoms with Gasteiger partial charge in [-0.1, -0.05) is 164 Å². The third kappa shape index (κ3) is 5.85. The zero-order chi connectivity index (χ0) is 43.8. The minimum atomic E-state index is -0.541. The van der Waals surface area contributed by atoms with Gasteiger partial charge in [-0.3, -0.25) is 0 Å². The first-order chi connectivity index (χ1) is 30.4. The van der Waals surface area contributed by atoms with E-state index < -0.39 is 60.4 Å². The van der Waals surface area contributed by atoms with Crippen molar-refractivity contribution < 1.29 is 13.7 Å². The summed E-state index contributed by atoms with van der Waals surface area (Å²) >= 11 is 1.34. The maximum atomic E-state index is 8.90. The molecule has 0 atom stereocenters. The van der Waals surface area contributed by atoms with Crippen molar-refractivity contribution in [1.29, 1.82) is 0 Å². The van der Waals surface area contributed by atoms with Gasteiger partial charge in [0.1, 0.15) is 0 Å². The van der Waals surface area contributed by atoms with E-state index in [0.29, 0.717) is 33.1 Å². The second kappa shape index (κ2) is 13.1. The zero-order valence-corrected chi connectivity index (χ0v) is 28.7. The van der Waals surface area contributed by atoms with E-state index in [1.807, 2.05) is 72.8 Å². The zero-order valence-electron chi connectivity index (χ0n) is 37.9. The fraction of sp³-hybridized carbons (Fsp3) is 0. The molecule has 4 heteroatoms. The van der Waals surface area contributed by atoms with E-state index in [0.717, 1.165) is 37.7 Å². The van der Waals surface area contributed by atoms with Crippen LogP contribution in [0, 0.1) is 0 Å². The van der Waals surface area contributed by atoms with E-state index in [4.69, 9.17) is 28.7 Å². The molecule has 0 saturated heterocycles. The smallest absolute Gasteiger partial charge is 0.164 e. The van der Waals surface area contributed by atoms with Crippen molar-refractivity contribution in [2.75, 3.05) is 0 Å². The number of hydrogen-bond acceptors (Lipinski definition) is 4. The van der Waals surface area contributed by atoms with Crippen molar-refractivity contribution in [1.82, 2.24) is 15.0 Å². The molecule has 2 heterocycles. The second-order valence-electron chi connectivity index (χ2n) is 12.5. The van der Waals surface area contributed by atoms with E-state index >= 15 is 0 Å². The lowest BCUT2D eigenvalue weighted by atomic mass is 9.96. The van der Waals surface area contributed by atoms with Crippen LogP contribution in [0.3, 0.4) is 0 Å². The van der Waals surface area contributed by atoms with Crippen LogP contribution in [0.1, 0.15) is 13.7 Å². The monoisotopic (exact) mass is 703 g/mol. The largest absolute Gasteiger partial charge is 0.208 e. The predicted octanol–water partition coefficient (Wildman–Crippen LogP) is 13.4. The summed E-state index contributed by atoms with van der Waals surface area (Å²) in [6.07, 6.45) is 0. The van der Waals surface area contributed by atoms with Crippen molar-refractivity contribution in [2.24, 2.45) is 0 Å². The molecule has 0 bridgehead atoms. The molecule has 0 amide bonds. The van der Waals surface area contributed by atoms with Crippen LogP contribution in [-0.4, -0.2) is 15.0 Å². The van der Waals surface area contributed by atoms with Gasteiger partial charge in [0.15, 0.2) is 17.5 Å². The molecule has 0 aliphatic heterocycles. The molecule has 0 spiro atoms. The van der Waals surface area contributed by atoms with Crippen molar-refractivity contribution in [2.45, 2.75) is 0 Å². The topological polar surface area (TPSA) is 38.7 Å². The van der Waals surface area contributed by atoms with Crippen LogP contribution in [-0.2, 0) is 0 Å². The highest BCUT2D eigenvalue weighted by molar-refractivity contribution is 7.26. The average molecular weight is 704 g/mol. The van der Waals surface area contributed by atoms with Gasteiger partial charge in [0.25, 0.3) is 0 Å². The summed E-state index contributed by atoms with van der Waals surface area (Å²) in [5.41, 5.74) is 4.81. The van der Waals surface area contributed by atoms with Crippen LogP contribution in [0.25, 0.3) is 98.5 Å². The fourth-order valence-corrected chi connectivity index (χ4v) is 7.90. The SMILES string of the molecule is [2H]c1c([2H])c([2H])c(-c2cc(-c3c([2H])c([2H])c([2H])c([2H])c3[2H])c3sc4cc(-c5nc(-c6ccccc6)nc(-c6ccc(-c7ccc8ccccc8c7)cc6)n5)ccc4c3c2)c([2H])c1[2H]. The summed E-state index contributed by atoms with van der Waals surface area (Å²) in [5.74, 6) is 1.38. The summed E-state index contributed by atoms with van der Waals surface area (Å²) in [7, 11) is 0. The van der Waals surface area contributed by atoms with Gasteiger partial charge in [-0.05, 0) is 62.9 Å². The quantitative estimate of drug-likeness (QED) is 0.173. The number of hydrogen-bond donors (Lipinski definition) is 0. The summed E-state index contributed by atoms with van der Waals surface area (Å²) in [4.78, 5) is 14.9. The molecule has 0 saturated carbocycles. The molecule has 10 rings (SSSR count).